The number of anilines is 1. The minimum Gasteiger partial charge on any atom is -0.493 e. The van der Waals surface area contributed by atoms with Gasteiger partial charge in [0.2, 0.25) is 11.6 Å². The van der Waals surface area contributed by atoms with Gasteiger partial charge in [-0.1, -0.05) is 12.1 Å². The first-order valence-electron chi connectivity index (χ1n) is 8.68. The minimum absolute atomic E-state index is 0.392. The third-order valence-corrected chi connectivity index (χ3v) is 3.89. The summed E-state index contributed by atoms with van der Waals surface area (Å²) in [6.07, 6.45) is 1.62. The van der Waals surface area contributed by atoms with E-state index in [9.17, 15) is 0 Å². The largest absolute Gasteiger partial charge is 0.493 e. The van der Waals surface area contributed by atoms with Gasteiger partial charge in [0, 0.05) is 5.56 Å². The number of hydrazone groups is 1. The van der Waals surface area contributed by atoms with E-state index in [0.717, 1.165) is 16.6 Å². The molecule has 3 aromatic rings. The van der Waals surface area contributed by atoms with Gasteiger partial charge in [-0.25, -0.2) is 9.97 Å². The highest BCUT2D eigenvalue weighted by molar-refractivity contribution is 5.83. The van der Waals surface area contributed by atoms with Crippen LogP contribution < -0.4 is 24.4 Å². The second-order valence-corrected chi connectivity index (χ2v) is 5.63. The molecule has 0 spiro atoms. The van der Waals surface area contributed by atoms with Gasteiger partial charge >= 0.3 is 0 Å². The molecule has 0 atom stereocenters. The number of hydrogen-bond donors (Lipinski definition) is 1. The Labute approximate surface area is 163 Å². The Morgan fingerprint density at radius 3 is 2.18 bits per heavy atom. The number of nitrogens with one attached hydrogen (secondary N) is 1. The Morgan fingerprint density at radius 1 is 0.964 bits per heavy atom. The van der Waals surface area contributed by atoms with Gasteiger partial charge in [-0.2, -0.15) is 5.10 Å². The fourth-order valence-electron chi connectivity index (χ4n) is 2.64. The van der Waals surface area contributed by atoms with Crippen LogP contribution in [-0.4, -0.2) is 44.1 Å². The van der Waals surface area contributed by atoms with Crippen molar-refractivity contribution in [1.29, 1.82) is 0 Å². The zero-order valence-electron chi connectivity index (χ0n) is 16.2. The maximum absolute atomic E-state index is 5.58. The lowest BCUT2D eigenvalue weighted by molar-refractivity contribution is 0.324. The number of benzene rings is 2. The van der Waals surface area contributed by atoms with Crippen molar-refractivity contribution >= 4 is 23.1 Å². The summed E-state index contributed by atoms with van der Waals surface area (Å²) in [5.41, 5.74) is 5.16. The number of fused-ring (bicyclic) bond motifs is 1. The van der Waals surface area contributed by atoms with Crippen LogP contribution in [0.3, 0.4) is 0 Å². The highest BCUT2D eigenvalue weighted by Crippen LogP contribution is 2.37. The van der Waals surface area contributed by atoms with Crippen molar-refractivity contribution in [3.8, 4) is 23.1 Å². The van der Waals surface area contributed by atoms with Gasteiger partial charge in [0.25, 0.3) is 5.88 Å². The van der Waals surface area contributed by atoms with Crippen LogP contribution in [0.2, 0.25) is 0 Å². The average Bonchev–Trinajstić information content (AvgIpc) is 2.73. The zero-order valence-corrected chi connectivity index (χ0v) is 16.2. The Bertz CT molecular complexity index is 966. The predicted molar refractivity (Wildman–Crippen MR) is 108 cm³/mol. The standard InChI is InChI=1S/C20H22N4O4/c1-5-28-20-19(22-14-8-6-7-9-15(14)23-20)24-21-12-13-10-16(25-2)18(27-4)17(11-13)26-3/h6-12H,5H2,1-4H3,(H,22,24)/b21-12-. The van der Waals surface area contributed by atoms with Crippen LogP contribution in [0.1, 0.15) is 12.5 Å². The summed E-state index contributed by atoms with van der Waals surface area (Å²) in [5.74, 6) is 2.44. The van der Waals surface area contributed by atoms with Gasteiger partial charge in [-0.05, 0) is 31.2 Å². The van der Waals surface area contributed by atoms with Gasteiger partial charge in [-0.15, -0.1) is 0 Å². The summed E-state index contributed by atoms with van der Waals surface area (Å²) in [4.78, 5) is 9.03. The highest BCUT2D eigenvalue weighted by Gasteiger charge is 2.13. The van der Waals surface area contributed by atoms with Crippen molar-refractivity contribution in [3.05, 3.63) is 42.0 Å². The van der Waals surface area contributed by atoms with Crippen LogP contribution in [-0.2, 0) is 0 Å². The first kappa shape index (κ1) is 19.2. The molecule has 8 heteroatoms. The molecule has 0 bridgehead atoms. The summed E-state index contributed by atoms with van der Waals surface area (Å²) in [6, 6.07) is 11.2. The van der Waals surface area contributed by atoms with Gasteiger partial charge in [-0.3, -0.25) is 5.43 Å². The number of rotatable bonds is 8. The Balaban J connectivity index is 1.89. The molecule has 8 nitrogen and oxygen atoms in total. The van der Waals surface area contributed by atoms with Gasteiger partial charge < -0.3 is 18.9 Å². The van der Waals surface area contributed by atoms with Crippen molar-refractivity contribution in [2.24, 2.45) is 5.10 Å². The van der Waals surface area contributed by atoms with E-state index in [1.807, 2.05) is 31.2 Å². The molecular weight excluding hydrogens is 360 g/mol. The van der Waals surface area contributed by atoms with E-state index in [0.29, 0.717) is 35.6 Å². The normalized spacial score (nSPS) is 10.9. The predicted octanol–water partition coefficient (Wildman–Crippen LogP) is 3.50. The summed E-state index contributed by atoms with van der Waals surface area (Å²) in [6.45, 7) is 2.36. The number of nitrogens with zero attached hydrogens (tertiary/aromatic N) is 3. The fourth-order valence-corrected chi connectivity index (χ4v) is 2.64. The third-order valence-electron chi connectivity index (χ3n) is 3.89. The van der Waals surface area contributed by atoms with Crippen molar-refractivity contribution in [2.75, 3.05) is 33.4 Å². The molecule has 0 amide bonds. The van der Waals surface area contributed by atoms with E-state index < -0.39 is 0 Å². The lowest BCUT2D eigenvalue weighted by atomic mass is 10.2. The molecule has 0 fully saturated rings. The summed E-state index contributed by atoms with van der Waals surface area (Å²) < 4.78 is 21.6. The van der Waals surface area contributed by atoms with E-state index >= 15 is 0 Å². The molecule has 0 saturated heterocycles. The Kier molecular flexibility index (Phi) is 6.11. The molecule has 0 radical (unpaired) electrons. The average molecular weight is 382 g/mol. The monoisotopic (exact) mass is 382 g/mol. The second-order valence-electron chi connectivity index (χ2n) is 5.63. The molecular formula is C20H22N4O4. The molecule has 2 aromatic carbocycles. The lowest BCUT2D eigenvalue weighted by Gasteiger charge is -2.12. The van der Waals surface area contributed by atoms with Crippen LogP contribution in [0.5, 0.6) is 23.1 Å². The fraction of sp³-hybridized carbons (Fsp3) is 0.250. The first-order valence-corrected chi connectivity index (χ1v) is 8.68. The van der Waals surface area contributed by atoms with E-state index in [2.05, 4.69) is 20.5 Å². The number of para-hydroxylation sites is 2. The van der Waals surface area contributed by atoms with Crippen molar-refractivity contribution in [1.82, 2.24) is 9.97 Å². The smallest absolute Gasteiger partial charge is 0.259 e. The molecule has 0 unspecified atom stereocenters. The van der Waals surface area contributed by atoms with Crippen LogP contribution in [0, 0.1) is 0 Å². The lowest BCUT2D eigenvalue weighted by Crippen LogP contribution is -2.03. The number of ether oxygens (including phenoxy) is 4. The van der Waals surface area contributed by atoms with Crippen molar-refractivity contribution < 1.29 is 18.9 Å². The van der Waals surface area contributed by atoms with Gasteiger partial charge in [0.1, 0.15) is 0 Å². The van der Waals surface area contributed by atoms with Gasteiger partial charge in [0.05, 0.1) is 45.2 Å². The number of hydrogen-bond acceptors (Lipinski definition) is 8. The van der Waals surface area contributed by atoms with E-state index in [4.69, 9.17) is 18.9 Å². The molecule has 3 rings (SSSR count). The molecule has 0 aliphatic rings. The highest BCUT2D eigenvalue weighted by atomic mass is 16.5. The Morgan fingerprint density at radius 2 is 1.61 bits per heavy atom. The Hall–Kier alpha value is -3.55. The summed E-state index contributed by atoms with van der Waals surface area (Å²) >= 11 is 0. The summed E-state index contributed by atoms with van der Waals surface area (Å²) in [7, 11) is 4.69. The molecule has 1 heterocycles. The number of aromatic nitrogens is 2. The maximum atomic E-state index is 5.58. The molecule has 1 aromatic heterocycles. The quantitative estimate of drug-likeness (QED) is 0.471. The molecule has 146 valence electrons. The molecule has 0 aliphatic carbocycles. The second kappa shape index (κ2) is 8.90. The topological polar surface area (TPSA) is 87.1 Å². The van der Waals surface area contributed by atoms with Crippen LogP contribution in [0.25, 0.3) is 11.0 Å². The molecule has 1 N–H and O–H groups in total. The SMILES string of the molecule is CCOc1nc2ccccc2nc1N/N=C\c1cc(OC)c(OC)c(OC)c1. The maximum Gasteiger partial charge on any atom is 0.259 e. The molecule has 28 heavy (non-hydrogen) atoms. The van der Waals surface area contributed by atoms with Gasteiger partial charge in [0.15, 0.2) is 11.5 Å². The van der Waals surface area contributed by atoms with Crippen LogP contribution in [0.15, 0.2) is 41.5 Å². The minimum atomic E-state index is 0.392. The van der Waals surface area contributed by atoms with Crippen LogP contribution >= 0.6 is 0 Å². The van der Waals surface area contributed by atoms with Crippen molar-refractivity contribution in [2.45, 2.75) is 6.92 Å². The summed E-state index contributed by atoms with van der Waals surface area (Å²) in [5, 5.41) is 4.26. The van der Waals surface area contributed by atoms with Crippen LogP contribution in [0.4, 0.5) is 5.82 Å². The first-order chi connectivity index (χ1) is 13.7. The third kappa shape index (κ3) is 4.06. The van der Waals surface area contributed by atoms with E-state index in [1.54, 1.807) is 39.7 Å². The van der Waals surface area contributed by atoms with E-state index in [-0.39, 0.29) is 0 Å². The number of methoxy groups -OCH3 is 3. The van der Waals surface area contributed by atoms with E-state index in [1.165, 1.54) is 0 Å². The molecule has 0 aliphatic heterocycles. The van der Waals surface area contributed by atoms with Crippen molar-refractivity contribution in [3.63, 3.8) is 0 Å². The molecule has 0 saturated carbocycles. The zero-order chi connectivity index (χ0) is 19.9.